The Labute approximate surface area is 136 Å². The Kier molecular flexibility index (Phi) is 4.42. The van der Waals surface area contributed by atoms with Gasteiger partial charge in [0.05, 0.1) is 11.7 Å². The second-order valence-electron chi connectivity index (χ2n) is 5.80. The highest BCUT2D eigenvalue weighted by atomic mass is 16.1. The van der Waals surface area contributed by atoms with Gasteiger partial charge in [0, 0.05) is 24.0 Å². The Bertz CT molecular complexity index is 808. The number of nitrogens with one attached hydrogen (secondary N) is 1. The molecule has 1 aromatic heterocycles. The SMILES string of the molecule is CCn1ncc2ccc(NC(=O)CC(C)c3ccccc3)cc21. The molecule has 0 radical (unpaired) electrons. The number of carbonyl (C=O) groups excluding carboxylic acids is 1. The van der Waals surface area contributed by atoms with Gasteiger partial charge < -0.3 is 5.32 Å². The standard InChI is InChI=1S/C19H21N3O/c1-3-22-18-12-17(10-9-16(18)13-20-22)21-19(23)11-14(2)15-7-5-4-6-8-15/h4-10,12-14H,3,11H2,1-2H3,(H,21,23). The van der Waals surface area contributed by atoms with Gasteiger partial charge in [-0.2, -0.15) is 5.10 Å². The monoisotopic (exact) mass is 307 g/mol. The van der Waals surface area contributed by atoms with Crippen LogP contribution in [0.3, 0.4) is 0 Å². The number of rotatable bonds is 5. The maximum Gasteiger partial charge on any atom is 0.224 e. The quantitative estimate of drug-likeness (QED) is 0.768. The summed E-state index contributed by atoms with van der Waals surface area (Å²) in [7, 11) is 0. The summed E-state index contributed by atoms with van der Waals surface area (Å²) < 4.78 is 1.93. The van der Waals surface area contributed by atoms with E-state index in [0.29, 0.717) is 6.42 Å². The van der Waals surface area contributed by atoms with Gasteiger partial charge in [-0.3, -0.25) is 9.48 Å². The summed E-state index contributed by atoms with van der Waals surface area (Å²) >= 11 is 0. The molecule has 0 bridgehead atoms. The van der Waals surface area contributed by atoms with Crippen molar-refractivity contribution in [1.29, 1.82) is 0 Å². The van der Waals surface area contributed by atoms with Crippen LogP contribution < -0.4 is 5.32 Å². The largest absolute Gasteiger partial charge is 0.326 e. The third-order valence-electron chi connectivity index (χ3n) is 4.09. The van der Waals surface area contributed by atoms with Gasteiger partial charge >= 0.3 is 0 Å². The van der Waals surface area contributed by atoms with Gasteiger partial charge in [-0.1, -0.05) is 37.3 Å². The minimum absolute atomic E-state index is 0.0308. The number of anilines is 1. The first kappa shape index (κ1) is 15.3. The van der Waals surface area contributed by atoms with E-state index in [-0.39, 0.29) is 11.8 Å². The molecular formula is C19H21N3O. The van der Waals surface area contributed by atoms with E-state index in [1.165, 1.54) is 5.56 Å². The van der Waals surface area contributed by atoms with E-state index in [9.17, 15) is 4.79 Å². The van der Waals surface area contributed by atoms with Crippen molar-refractivity contribution >= 4 is 22.5 Å². The minimum atomic E-state index is 0.0308. The van der Waals surface area contributed by atoms with Crippen molar-refractivity contribution in [2.75, 3.05) is 5.32 Å². The molecule has 2 aromatic carbocycles. The number of carbonyl (C=O) groups is 1. The maximum atomic E-state index is 12.3. The number of fused-ring (bicyclic) bond motifs is 1. The van der Waals surface area contributed by atoms with Crippen molar-refractivity contribution in [2.24, 2.45) is 0 Å². The van der Waals surface area contributed by atoms with E-state index in [0.717, 1.165) is 23.1 Å². The van der Waals surface area contributed by atoms with Crippen molar-refractivity contribution in [3.63, 3.8) is 0 Å². The van der Waals surface area contributed by atoms with Gasteiger partial charge in [-0.15, -0.1) is 0 Å². The highest BCUT2D eigenvalue weighted by Crippen LogP contribution is 2.22. The lowest BCUT2D eigenvalue weighted by atomic mass is 9.97. The molecule has 3 aromatic rings. The summed E-state index contributed by atoms with van der Waals surface area (Å²) in [5.74, 6) is 0.226. The fourth-order valence-electron chi connectivity index (χ4n) is 2.79. The zero-order valence-electron chi connectivity index (χ0n) is 13.5. The minimum Gasteiger partial charge on any atom is -0.326 e. The molecule has 1 amide bonds. The van der Waals surface area contributed by atoms with Crippen molar-refractivity contribution in [3.8, 4) is 0 Å². The van der Waals surface area contributed by atoms with E-state index < -0.39 is 0 Å². The van der Waals surface area contributed by atoms with E-state index in [4.69, 9.17) is 0 Å². The summed E-state index contributed by atoms with van der Waals surface area (Å²) in [4.78, 5) is 12.3. The van der Waals surface area contributed by atoms with Gasteiger partial charge in [0.1, 0.15) is 0 Å². The van der Waals surface area contributed by atoms with Crippen LogP contribution in [0.15, 0.2) is 54.7 Å². The fraction of sp³-hybridized carbons (Fsp3) is 0.263. The van der Waals surface area contributed by atoms with Gasteiger partial charge in [-0.05, 0) is 36.6 Å². The van der Waals surface area contributed by atoms with Crippen LogP contribution in [-0.2, 0) is 11.3 Å². The average molecular weight is 307 g/mol. The van der Waals surface area contributed by atoms with Gasteiger partial charge in [-0.25, -0.2) is 0 Å². The molecule has 23 heavy (non-hydrogen) atoms. The molecule has 118 valence electrons. The van der Waals surface area contributed by atoms with Crippen molar-refractivity contribution in [3.05, 3.63) is 60.3 Å². The number of benzene rings is 2. The van der Waals surface area contributed by atoms with Gasteiger partial charge in [0.2, 0.25) is 5.91 Å². The molecule has 1 heterocycles. The summed E-state index contributed by atoms with van der Waals surface area (Å²) in [5.41, 5.74) is 3.04. The van der Waals surface area contributed by atoms with Gasteiger partial charge in [0.15, 0.2) is 0 Å². The first-order chi connectivity index (χ1) is 11.2. The number of aryl methyl sites for hydroxylation is 1. The molecule has 4 nitrogen and oxygen atoms in total. The Hall–Kier alpha value is -2.62. The average Bonchev–Trinajstić information content (AvgIpc) is 2.97. The Morgan fingerprint density at radius 3 is 2.74 bits per heavy atom. The number of hydrogen-bond donors (Lipinski definition) is 1. The first-order valence-electron chi connectivity index (χ1n) is 7.97. The number of hydrogen-bond acceptors (Lipinski definition) is 2. The molecule has 0 aliphatic carbocycles. The molecule has 0 saturated carbocycles. The lowest BCUT2D eigenvalue weighted by Gasteiger charge is -2.12. The summed E-state index contributed by atoms with van der Waals surface area (Å²) in [5, 5.41) is 8.41. The maximum absolute atomic E-state index is 12.3. The molecule has 0 aliphatic heterocycles. The van der Waals surface area contributed by atoms with Crippen LogP contribution in [0.25, 0.3) is 10.9 Å². The predicted molar refractivity (Wildman–Crippen MR) is 93.5 cm³/mol. The van der Waals surface area contributed by atoms with Crippen LogP contribution in [0.1, 0.15) is 31.7 Å². The lowest BCUT2D eigenvalue weighted by Crippen LogP contribution is -2.14. The van der Waals surface area contributed by atoms with Crippen molar-refractivity contribution < 1.29 is 4.79 Å². The fourth-order valence-corrected chi connectivity index (χ4v) is 2.79. The normalized spacial score (nSPS) is 12.3. The Morgan fingerprint density at radius 2 is 2.00 bits per heavy atom. The van der Waals surface area contributed by atoms with Crippen LogP contribution in [0, 0.1) is 0 Å². The molecule has 0 saturated heterocycles. The zero-order chi connectivity index (χ0) is 16.2. The molecule has 3 rings (SSSR count). The van der Waals surface area contributed by atoms with Crippen LogP contribution in [0.5, 0.6) is 0 Å². The first-order valence-corrected chi connectivity index (χ1v) is 7.97. The van der Waals surface area contributed by atoms with Crippen LogP contribution in [0.2, 0.25) is 0 Å². The summed E-state index contributed by atoms with van der Waals surface area (Å²) in [6.45, 7) is 4.94. The smallest absolute Gasteiger partial charge is 0.224 e. The second-order valence-corrected chi connectivity index (χ2v) is 5.80. The zero-order valence-corrected chi connectivity index (χ0v) is 13.5. The van der Waals surface area contributed by atoms with Crippen LogP contribution in [0.4, 0.5) is 5.69 Å². The van der Waals surface area contributed by atoms with Crippen LogP contribution >= 0.6 is 0 Å². The van der Waals surface area contributed by atoms with Crippen LogP contribution in [-0.4, -0.2) is 15.7 Å². The van der Waals surface area contributed by atoms with E-state index in [1.54, 1.807) is 0 Å². The highest BCUT2D eigenvalue weighted by Gasteiger charge is 2.12. The molecule has 0 spiro atoms. The van der Waals surface area contributed by atoms with E-state index in [1.807, 2.05) is 47.3 Å². The third-order valence-corrected chi connectivity index (χ3v) is 4.09. The lowest BCUT2D eigenvalue weighted by molar-refractivity contribution is -0.116. The molecule has 1 N–H and O–H groups in total. The third kappa shape index (κ3) is 3.42. The summed E-state index contributed by atoms with van der Waals surface area (Å²) in [6.07, 6.45) is 2.32. The second kappa shape index (κ2) is 6.65. The molecule has 0 fully saturated rings. The van der Waals surface area contributed by atoms with E-state index >= 15 is 0 Å². The van der Waals surface area contributed by atoms with E-state index in [2.05, 4.69) is 36.4 Å². The number of aromatic nitrogens is 2. The molecule has 1 unspecified atom stereocenters. The summed E-state index contributed by atoms with van der Waals surface area (Å²) in [6, 6.07) is 16.0. The number of amides is 1. The molecule has 0 aliphatic rings. The molecular weight excluding hydrogens is 286 g/mol. The predicted octanol–water partition coefficient (Wildman–Crippen LogP) is 4.19. The highest BCUT2D eigenvalue weighted by molar-refractivity contribution is 5.93. The number of nitrogens with zero attached hydrogens (tertiary/aromatic N) is 2. The Balaban J connectivity index is 1.70. The molecule has 4 heteroatoms. The molecule has 1 atom stereocenters. The van der Waals surface area contributed by atoms with Gasteiger partial charge in [0.25, 0.3) is 0 Å². The topological polar surface area (TPSA) is 46.9 Å². The van der Waals surface area contributed by atoms with Crippen molar-refractivity contribution in [1.82, 2.24) is 9.78 Å². The Morgan fingerprint density at radius 1 is 1.22 bits per heavy atom. The van der Waals surface area contributed by atoms with Crippen molar-refractivity contribution in [2.45, 2.75) is 32.7 Å².